The quantitative estimate of drug-likeness (QED) is 0.438. The zero-order valence-electron chi connectivity index (χ0n) is 19.9. The van der Waals surface area contributed by atoms with E-state index in [0.717, 1.165) is 94.0 Å². The number of hydrogen-bond donors (Lipinski definition) is 0. The van der Waals surface area contributed by atoms with Crippen molar-refractivity contribution in [3.05, 3.63) is 30.0 Å². The Hall–Kier alpha value is -3.47. The highest BCUT2D eigenvalue weighted by atomic mass is 16.5. The van der Waals surface area contributed by atoms with E-state index in [0.29, 0.717) is 17.1 Å². The monoisotopic (exact) mass is 475 g/mol. The average Bonchev–Trinajstić information content (AvgIpc) is 3.45. The molecule has 0 aromatic carbocycles. The van der Waals surface area contributed by atoms with E-state index < -0.39 is 0 Å². The van der Waals surface area contributed by atoms with E-state index in [1.165, 1.54) is 6.42 Å². The van der Waals surface area contributed by atoms with Gasteiger partial charge in [0.2, 0.25) is 0 Å². The maximum atomic E-state index is 5.68. The minimum atomic E-state index is 0.0885. The highest BCUT2D eigenvalue weighted by Gasteiger charge is 2.31. The minimum Gasteiger partial charge on any atom is -0.422 e. The number of oxazole rings is 1. The normalized spacial score (nSPS) is 21.2. The molecule has 0 radical (unpaired) electrons. The summed E-state index contributed by atoms with van der Waals surface area (Å²) in [5.74, 6) is 3.54. The fourth-order valence-corrected chi connectivity index (χ4v) is 5.40. The van der Waals surface area contributed by atoms with Crippen molar-refractivity contribution in [2.75, 3.05) is 60.6 Å². The SMILES string of the molecule is Cc1nc2c(N3CCCCC3c3cc4nc(N5CCC5)cc(N5CCOCC5)n4n3)ncnc2o1. The first-order chi connectivity index (χ1) is 17.2. The molecule has 0 saturated carbocycles. The number of hydrogen-bond acceptors (Lipinski definition) is 10. The van der Waals surface area contributed by atoms with Gasteiger partial charge in [0, 0.05) is 51.8 Å². The van der Waals surface area contributed by atoms with Gasteiger partial charge in [-0.1, -0.05) is 0 Å². The van der Waals surface area contributed by atoms with Crippen molar-refractivity contribution in [2.24, 2.45) is 0 Å². The van der Waals surface area contributed by atoms with Crippen LogP contribution in [0.1, 0.15) is 43.3 Å². The van der Waals surface area contributed by atoms with Gasteiger partial charge < -0.3 is 23.9 Å². The molecule has 0 N–H and O–H groups in total. The van der Waals surface area contributed by atoms with Crippen LogP contribution in [0.25, 0.3) is 16.9 Å². The summed E-state index contributed by atoms with van der Waals surface area (Å²) in [5, 5.41) is 5.14. The first kappa shape index (κ1) is 20.9. The first-order valence-electron chi connectivity index (χ1n) is 12.6. The Balaban J connectivity index is 1.32. The third kappa shape index (κ3) is 3.56. The van der Waals surface area contributed by atoms with Gasteiger partial charge in [0.15, 0.2) is 22.9 Å². The van der Waals surface area contributed by atoms with E-state index in [1.807, 2.05) is 11.4 Å². The molecular formula is C24H29N9O2. The van der Waals surface area contributed by atoms with E-state index in [4.69, 9.17) is 19.2 Å². The Morgan fingerprint density at radius 1 is 0.914 bits per heavy atom. The largest absolute Gasteiger partial charge is 0.422 e. The van der Waals surface area contributed by atoms with Crippen LogP contribution in [0.5, 0.6) is 0 Å². The fourth-order valence-electron chi connectivity index (χ4n) is 5.40. The van der Waals surface area contributed by atoms with E-state index in [9.17, 15) is 0 Å². The van der Waals surface area contributed by atoms with Crippen LogP contribution in [-0.2, 0) is 4.74 Å². The molecule has 0 bridgehead atoms. The molecule has 182 valence electrons. The second kappa shape index (κ2) is 8.33. The van der Waals surface area contributed by atoms with Crippen molar-refractivity contribution in [1.29, 1.82) is 0 Å². The smallest absolute Gasteiger partial charge is 0.252 e. The summed E-state index contributed by atoms with van der Waals surface area (Å²) in [6, 6.07) is 4.44. The second-order valence-corrected chi connectivity index (χ2v) is 9.54. The maximum absolute atomic E-state index is 5.68. The third-order valence-electron chi connectivity index (χ3n) is 7.33. The van der Waals surface area contributed by atoms with Gasteiger partial charge >= 0.3 is 0 Å². The third-order valence-corrected chi connectivity index (χ3v) is 7.33. The highest BCUT2D eigenvalue weighted by molar-refractivity contribution is 5.82. The van der Waals surface area contributed by atoms with Crippen LogP contribution in [0.3, 0.4) is 0 Å². The van der Waals surface area contributed by atoms with Crippen molar-refractivity contribution in [1.82, 2.24) is 29.5 Å². The molecule has 1 atom stereocenters. The van der Waals surface area contributed by atoms with Gasteiger partial charge in [-0.25, -0.2) is 15.0 Å². The Morgan fingerprint density at radius 2 is 1.80 bits per heavy atom. The first-order valence-corrected chi connectivity index (χ1v) is 12.6. The van der Waals surface area contributed by atoms with Gasteiger partial charge in [0.25, 0.3) is 5.71 Å². The summed E-state index contributed by atoms with van der Waals surface area (Å²) < 4.78 is 13.3. The molecule has 3 aliphatic rings. The van der Waals surface area contributed by atoms with Gasteiger partial charge in [-0.05, 0) is 25.7 Å². The molecule has 0 spiro atoms. The molecule has 4 aromatic heterocycles. The topological polar surface area (TPSA) is 101 Å². The highest BCUT2D eigenvalue weighted by Crippen LogP contribution is 2.37. The number of fused-ring (bicyclic) bond motifs is 2. The molecule has 11 nitrogen and oxygen atoms in total. The van der Waals surface area contributed by atoms with Crippen molar-refractivity contribution in [3.8, 4) is 0 Å². The summed E-state index contributed by atoms with van der Waals surface area (Å²) in [5.41, 5.74) is 3.15. The van der Waals surface area contributed by atoms with E-state index in [-0.39, 0.29) is 6.04 Å². The Morgan fingerprint density at radius 3 is 2.63 bits per heavy atom. The van der Waals surface area contributed by atoms with Crippen LogP contribution in [0.2, 0.25) is 0 Å². The van der Waals surface area contributed by atoms with Crippen molar-refractivity contribution < 1.29 is 9.15 Å². The number of morpholine rings is 1. The van der Waals surface area contributed by atoms with Crippen molar-refractivity contribution >= 4 is 34.3 Å². The molecule has 3 fully saturated rings. The van der Waals surface area contributed by atoms with Crippen LogP contribution in [0, 0.1) is 6.92 Å². The number of aromatic nitrogens is 6. The summed E-state index contributed by atoms with van der Waals surface area (Å²) in [6.07, 6.45) is 6.02. The molecule has 7 rings (SSSR count). The molecule has 0 aliphatic carbocycles. The van der Waals surface area contributed by atoms with E-state index in [1.54, 1.807) is 6.33 Å². The van der Waals surface area contributed by atoms with Crippen LogP contribution >= 0.6 is 0 Å². The van der Waals surface area contributed by atoms with Gasteiger partial charge in [0.05, 0.1) is 24.9 Å². The van der Waals surface area contributed by atoms with Crippen LogP contribution < -0.4 is 14.7 Å². The number of aryl methyl sites for hydroxylation is 1. The zero-order valence-corrected chi connectivity index (χ0v) is 19.9. The number of nitrogens with zero attached hydrogens (tertiary/aromatic N) is 9. The summed E-state index contributed by atoms with van der Waals surface area (Å²) in [7, 11) is 0. The molecule has 1 unspecified atom stereocenters. The van der Waals surface area contributed by atoms with E-state index >= 15 is 0 Å². The van der Waals surface area contributed by atoms with Crippen molar-refractivity contribution in [3.63, 3.8) is 0 Å². The molecule has 35 heavy (non-hydrogen) atoms. The lowest BCUT2D eigenvalue weighted by Gasteiger charge is -2.35. The Bertz CT molecular complexity index is 1370. The van der Waals surface area contributed by atoms with E-state index in [2.05, 4.69) is 41.8 Å². The predicted molar refractivity (Wildman–Crippen MR) is 131 cm³/mol. The molecule has 4 aromatic rings. The summed E-state index contributed by atoms with van der Waals surface area (Å²) >= 11 is 0. The average molecular weight is 476 g/mol. The lowest BCUT2D eigenvalue weighted by Crippen LogP contribution is -2.40. The number of piperidine rings is 1. The summed E-state index contributed by atoms with van der Waals surface area (Å²) in [6.45, 7) is 8.02. The Labute approximate surface area is 202 Å². The maximum Gasteiger partial charge on any atom is 0.252 e. The van der Waals surface area contributed by atoms with Crippen LogP contribution in [-0.4, -0.2) is 75.5 Å². The molecule has 0 amide bonds. The predicted octanol–water partition coefficient (Wildman–Crippen LogP) is 2.75. The zero-order chi connectivity index (χ0) is 23.4. The lowest BCUT2D eigenvalue weighted by atomic mass is 9.99. The molecule has 7 heterocycles. The van der Waals surface area contributed by atoms with Crippen molar-refractivity contribution in [2.45, 2.75) is 38.6 Å². The van der Waals surface area contributed by atoms with Gasteiger partial charge in [0.1, 0.15) is 18.0 Å². The van der Waals surface area contributed by atoms with Crippen LogP contribution in [0.4, 0.5) is 17.5 Å². The number of rotatable bonds is 4. The number of ether oxygens (including phenoxy) is 1. The lowest BCUT2D eigenvalue weighted by molar-refractivity contribution is 0.122. The standard InChI is InChI=1S/C24H29N9O2/c1-16-27-22-23(25-15-26-24(22)35-16)32-8-3-2-5-18(32)17-13-20-28-19(30-6-4-7-30)14-21(33(20)29-17)31-9-11-34-12-10-31/h13-15,18H,2-12H2,1H3. The van der Waals surface area contributed by atoms with Gasteiger partial charge in [-0.2, -0.15) is 14.6 Å². The van der Waals surface area contributed by atoms with Crippen LogP contribution in [0.15, 0.2) is 22.9 Å². The fraction of sp³-hybridized carbons (Fsp3) is 0.542. The summed E-state index contributed by atoms with van der Waals surface area (Å²) in [4.78, 5) is 25.5. The molecule has 3 saturated heterocycles. The number of anilines is 3. The molecule has 11 heteroatoms. The molecule has 3 aliphatic heterocycles. The minimum absolute atomic E-state index is 0.0885. The van der Waals surface area contributed by atoms with Gasteiger partial charge in [-0.3, -0.25) is 0 Å². The molecular weight excluding hydrogens is 446 g/mol. The Kier molecular flexibility index (Phi) is 4.97. The second-order valence-electron chi connectivity index (χ2n) is 9.54. The van der Waals surface area contributed by atoms with Gasteiger partial charge in [-0.15, -0.1) is 0 Å².